The maximum Gasteiger partial charge on any atom is 0.307 e. The zero-order valence-electron chi connectivity index (χ0n) is 17.4. The van der Waals surface area contributed by atoms with Gasteiger partial charge < -0.3 is 9.67 Å². The second-order valence-electron chi connectivity index (χ2n) is 9.32. The molecule has 0 amide bonds. The van der Waals surface area contributed by atoms with Crippen LogP contribution in [0.15, 0.2) is 54.7 Å². The predicted molar refractivity (Wildman–Crippen MR) is 114 cm³/mol. The minimum Gasteiger partial charge on any atom is -0.481 e. The van der Waals surface area contributed by atoms with Crippen LogP contribution in [0.4, 0.5) is 0 Å². The minimum atomic E-state index is -0.830. The average Bonchev–Trinajstić information content (AvgIpc) is 2.92. The van der Waals surface area contributed by atoms with Crippen LogP contribution in [0.2, 0.25) is 0 Å². The van der Waals surface area contributed by atoms with Gasteiger partial charge in [-0.15, -0.1) is 0 Å². The van der Waals surface area contributed by atoms with Gasteiger partial charge in [0, 0.05) is 35.1 Å². The van der Waals surface area contributed by atoms with Gasteiger partial charge in [0.1, 0.15) is 0 Å². The highest BCUT2D eigenvalue weighted by atomic mass is 16.4. The van der Waals surface area contributed by atoms with Gasteiger partial charge in [0.15, 0.2) is 5.78 Å². The molecule has 1 heterocycles. The van der Waals surface area contributed by atoms with Crippen molar-refractivity contribution >= 4 is 22.7 Å². The predicted octanol–water partition coefficient (Wildman–Crippen LogP) is 5.18. The first-order valence-corrected chi connectivity index (χ1v) is 10.0. The minimum absolute atomic E-state index is 0.00720. The van der Waals surface area contributed by atoms with Gasteiger partial charge in [-0.3, -0.25) is 9.59 Å². The lowest BCUT2D eigenvalue weighted by Crippen LogP contribution is -2.07. The molecule has 1 fully saturated rings. The largest absolute Gasteiger partial charge is 0.481 e. The molecule has 0 radical (unpaired) electrons. The normalized spacial score (nSPS) is 17.4. The van der Waals surface area contributed by atoms with Crippen LogP contribution in [-0.2, 0) is 17.8 Å². The first-order valence-electron chi connectivity index (χ1n) is 10.0. The number of rotatable bonds is 6. The van der Waals surface area contributed by atoms with E-state index < -0.39 is 5.97 Å². The van der Waals surface area contributed by atoms with Crippen LogP contribution in [0.25, 0.3) is 10.9 Å². The molecule has 0 unspecified atom stereocenters. The van der Waals surface area contributed by atoms with Gasteiger partial charge >= 0.3 is 5.97 Å². The van der Waals surface area contributed by atoms with Crippen LogP contribution in [-0.4, -0.2) is 21.4 Å². The van der Waals surface area contributed by atoms with Crippen molar-refractivity contribution in [2.24, 2.45) is 16.7 Å². The van der Waals surface area contributed by atoms with Crippen LogP contribution in [0.1, 0.15) is 49.2 Å². The molecule has 4 heteroatoms. The van der Waals surface area contributed by atoms with E-state index >= 15 is 0 Å². The maximum absolute atomic E-state index is 13.4. The standard InChI is InChI=1S/C25H27NO3/c1-24(2)23(25(24,3)4)22(29)19-15-26(20-8-6-5-7-18(19)20)14-17-11-9-16(10-12-17)13-21(27)28/h5-12,15,23H,13-14H2,1-4H3,(H,27,28). The molecule has 0 bridgehead atoms. The summed E-state index contributed by atoms with van der Waals surface area (Å²) in [5.41, 5.74) is 3.72. The first kappa shape index (κ1) is 19.4. The molecule has 1 saturated carbocycles. The molecule has 4 nitrogen and oxygen atoms in total. The Morgan fingerprint density at radius 1 is 0.931 bits per heavy atom. The number of ketones is 1. The number of hydrogen-bond donors (Lipinski definition) is 1. The fourth-order valence-corrected chi connectivity index (χ4v) is 4.72. The van der Waals surface area contributed by atoms with Gasteiger partial charge in [-0.05, 0) is 28.0 Å². The van der Waals surface area contributed by atoms with Gasteiger partial charge in [0.2, 0.25) is 0 Å². The van der Waals surface area contributed by atoms with Crippen molar-refractivity contribution in [2.75, 3.05) is 0 Å². The number of para-hydroxylation sites is 1. The van der Waals surface area contributed by atoms with E-state index in [9.17, 15) is 9.59 Å². The highest BCUT2D eigenvalue weighted by Crippen LogP contribution is 2.69. The van der Waals surface area contributed by atoms with Crippen molar-refractivity contribution in [3.8, 4) is 0 Å². The molecule has 1 N–H and O–H groups in total. The summed E-state index contributed by atoms with van der Waals surface area (Å²) in [4.78, 5) is 24.3. The molecule has 0 atom stereocenters. The lowest BCUT2D eigenvalue weighted by molar-refractivity contribution is -0.136. The second-order valence-corrected chi connectivity index (χ2v) is 9.32. The summed E-state index contributed by atoms with van der Waals surface area (Å²) < 4.78 is 2.12. The molecular weight excluding hydrogens is 362 g/mol. The number of carbonyl (C=O) groups is 2. The van der Waals surface area contributed by atoms with Gasteiger partial charge in [-0.25, -0.2) is 0 Å². The summed E-state index contributed by atoms with van der Waals surface area (Å²) in [6.07, 6.45) is 2.01. The third-order valence-corrected chi connectivity index (χ3v) is 7.07. The highest BCUT2D eigenvalue weighted by molar-refractivity contribution is 6.11. The number of fused-ring (bicyclic) bond motifs is 1. The van der Waals surface area contributed by atoms with Crippen LogP contribution < -0.4 is 0 Å². The average molecular weight is 389 g/mol. The fourth-order valence-electron chi connectivity index (χ4n) is 4.72. The summed E-state index contributed by atoms with van der Waals surface area (Å²) in [7, 11) is 0. The van der Waals surface area contributed by atoms with Crippen molar-refractivity contribution in [3.63, 3.8) is 0 Å². The monoisotopic (exact) mass is 389 g/mol. The van der Waals surface area contributed by atoms with Gasteiger partial charge in [-0.1, -0.05) is 70.2 Å². The van der Waals surface area contributed by atoms with Crippen LogP contribution >= 0.6 is 0 Å². The zero-order valence-corrected chi connectivity index (χ0v) is 17.4. The van der Waals surface area contributed by atoms with Crippen molar-refractivity contribution in [1.82, 2.24) is 4.57 Å². The fraction of sp³-hybridized carbons (Fsp3) is 0.360. The van der Waals surface area contributed by atoms with Gasteiger partial charge in [0.25, 0.3) is 0 Å². The quantitative estimate of drug-likeness (QED) is 0.591. The van der Waals surface area contributed by atoms with Crippen LogP contribution in [0.5, 0.6) is 0 Å². The Morgan fingerprint density at radius 2 is 1.52 bits per heavy atom. The molecule has 0 spiro atoms. The lowest BCUT2D eigenvalue weighted by atomic mass is 10.0. The Balaban J connectivity index is 1.66. The van der Waals surface area contributed by atoms with Crippen molar-refractivity contribution in [3.05, 3.63) is 71.4 Å². The van der Waals surface area contributed by atoms with E-state index in [1.54, 1.807) is 0 Å². The Labute approximate surface area is 171 Å². The SMILES string of the molecule is CC1(C)C(C(=O)c2cn(Cc3ccc(CC(=O)O)cc3)c3ccccc23)C1(C)C. The molecule has 3 aromatic rings. The molecule has 1 aliphatic rings. The third kappa shape index (κ3) is 3.17. The smallest absolute Gasteiger partial charge is 0.307 e. The van der Waals surface area contributed by atoms with E-state index in [0.29, 0.717) is 6.54 Å². The van der Waals surface area contributed by atoms with Gasteiger partial charge in [0.05, 0.1) is 6.42 Å². The molecule has 2 aromatic carbocycles. The van der Waals surface area contributed by atoms with E-state index in [0.717, 1.165) is 27.6 Å². The molecule has 29 heavy (non-hydrogen) atoms. The summed E-state index contributed by atoms with van der Waals surface area (Å²) in [5, 5.41) is 9.93. The Hall–Kier alpha value is -2.88. The lowest BCUT2D eigenvalue weighted by Gasteiger charge is -2.06. The van der Waals surface area contributed by atoms with E-state index in [1.165, 1.54) is 0 Å². The van der Waals surface area contributed by atoms with Crippen LogP contribution in [0, 0.1) is 16.7 Å². The van der Waals surface area contributed by atoms with Crippen LogP contribution in [0.3, 0.4) is 0 Å². The summed E-state index contributed by atoms with van der Waals surface area (Å²) in [5.74, 6) is -0.570. The number of carbonyl (C=O) groups excluding carboxylic acids is 1. The van der Waals surface area contributed by atoms with Gasteiger partial charge in [-0.2, -0.15) is 0 Å². The number of hydrogen-bond acceptors (Lipinski definition) is 2. The number of carboxylic acid groups (broad SMARTS) is 1. The van der Waals surface area contributed by atoms with Crippen molar-refractivity contribution in [2.45, 2.75) is 40.7 Å². The number of benzene rings is 2. The Kier molecular flexibility index (Phi) is 4.41. The molecule has 4 rings (SSSR count). The summed E-state index contributed by atoms with van der Waals surface area (Å²) in [6, 6.07) is 15.7. The maximum atomic E-state index is 13.4. The first-order chi connectivity index (χ1) is 13.6. The number of aliphatic carboxylic acids is 1. The Bertz CT molecular complexity index is 1090. The Morgan fingerprint density at radius 3 is 2.10 bits per heavy atom. The summed E-state index contributed by atoms with van der Waals surface area (Å²) >= 11 is 0. The summed E-state index contributed by atoms with van der Waals surface area (Å²) in [6.45, 7) is 9.33. The molecule has 0 aliphatic heterocycles. The molecule has 0 saturated heterocycles. The highest BCUT2D eigenvalue weighted by Gasteiger charge is 2.68. The number of nitrogens with zero attached hydrogens (tertiary/aromatic N) is 1. The molecule has 1 aliphatic carbocycles. The topological polar surface area (TPSA) is 59.3 Å². The molecular formula is C25H27NO3. The van der Waals surface area contributed by atoms with E-state index in [4.69, 9.17) is 5.11 Å². The number of aromatic nitrogens is 1. The van der Waals surface area contributed by atoms with Crippen molar-refractivity contribution in [1.29, 1.82) is 0 Å². The zero-order chi connectivity index (χ0) is 21.0. The second kappa shape index (κ2) is 6.58. The van der Waals surface area contributed by atoms with E-state index in [2.05, 4.69) is 32.3 Å². The van der Waals surface area contributed by atoms with Crippen molar-refractivity contribution < 1.29 is 14.7 Å². The van der Waals surface area contributed by atoms with E-state index in [1.807, 2.05) is 54.7 Å². The third-order valence-electron chi connectivity index (χ3n) is 7.07. The van der Waals surface area contributed by atoms with E-state index in [-0.39, 0.29) is 29.0 Å². The number of carboxylic acids is 1. The molecule has 1 aromatic heterocycles. The molecule has 150 valence electrons. The number of Topliss-reactive ketones (excluding diaryl/α,β-unsaturated/α-hetero) is 1.